The summed E-state index contributed by atoms with van der Waals surface area (Å²) < 4.78 is 5.37. The van der Waals surface area contributed by atoms with Crippen LogP contribution in [0.1, 0.15) is 53.8 Å². The zero-order valence-electron chi connectivity index (χ0n) is 22.1. The molecule has 1 saturated heterocycles. The van der Waals surface area contributed by atoms with Gasteiger partial charge in [-0.1, -0.05) is 116 Å². The van der Waals surface area contributed by atoms with Crippen LogP contribution in [0.25, 0.3) is 0 Å². The van der Waals surface area contributed by atoms with Crippen LogP contribution in [-0.4, -0.2) is 21.8 Å². The second kappa shape index (κ2) is 10.1. The fourth-order valence-corrected chi connectivity index (χ4v) is 10.7. The first-order valence-corrected chi connectivity index (χ1v) is 15.5. The zero-order chi connectivity index (χ0) is 26.3. The van der Waals surface area contributed by atoms with Crippen LogP contribution in [0.3, 0.4) is 0 Å². The van der Waals surface area contributed by atoms with Crippen LogP contribution in [0.15, 0.2) is 120 Å². The Labute approximate surface area is 239 Å². The topological polar surface area (TPSA) is 24.8 Å². The molecule has 7 rings (SSSR count). The summed E-state index contributed by atoms with van der Waals surface area (Å²) in [5, 5.41) is 1.34. The normalized spacial score (nSPS) is 25.4. The van der Waals surface area contributed by atoms with Crippen molar-refractivity contribution in [2.75, 3.05) is 12.0 Å². The molecule has 0 bridgehead atoms. The molecule has 4 aromatic rings. The van der Waals surface area contributed by atoms with E-state index in [-0.39, 0.29) is 21.0 Å². The number of methoxy groups -OCH3 is 1. The number of thioether (sulfide) groups is 2. The number of ether oxygens (including phenoxy) is 1. The van der Waals surface area contributed by atoms with Gasteiger partial charge in [-0.15, -0.1) is 11.8 Å². The van der Waals surface area contributed by atoms with Crippen LogP contribution in [0.5, 0.6) is 5.75 Å². The first kappa shape index (κ1) is 24.9. The van der Waals surface area contributed by atoms with Crippen molar-refractivity contribution in [1.29, 1.82) is 0 Å². The van der Waals surface area contributed by atoms with Crippen molar-refractivity contribution in [3.8, 4) is 5.75 Å². The number of anilines is 1. The summed E-state index contributed by atoms with van der Waals surface area (Å²) >= 11 is 4.15. The van der Waals surface area contributed by atoms with Crippen LogP contribution in [0.4, 0.5) is 5.69 Å². The van der Waals surface area contributed by atoms with E-state index < -0.39 is 0 Å². The van der Waals surface area contributed by atoms with E-state index in [0.29, 0.717) is 0 Å². The standard InChI is InChI=1S/C34H32N2OS2/c1-37-29-21-19-28(20-22-29)36-30(25-13-5-2-6-14-25)34(39-32(36)27-17-9-4-10-18-27)33(23-11-12-24-33)35-31(38-34)26-15-7-3-8-16-26/h2-10,13-22,30,32H,11-12,23-24H2,1H3. The van der Waals surface area contributed by atoms with E-state index in [0.717, 1.165) is 18.6 Å². The predicted octanol–water partition coefficient (Wildman–Crippen LogP) is 8.89. The molecule has 3 aliphatic rings. The van der Waals surface area contributed by atoms with E-state index in [9.17, 15) is 0 Å². The Morgan fingerprint density at radius 2 is 1.33 bits per heavy atom. The minimum absolute atomic E-state index is 0.123. The van der Waals surface area contributed by atoms with Gasteiger partial charge >= 0.3 is 0 Å². The average molecular weight is 549 g/mol. The van der Waals surface area contributed by atoms with Gasteiger partial charge in [0.15, 0.2) is 0 Å². The molecule has 2 fully saturated rings. The van der Waals surface area contributed by atoms with Gasteiger partial charge in [0.2, 0.25) is 0 Å². The average Bonchev–Trinajstić information content (AvgIpc) is 3.71. The van der Waals surface area contributed by atoms with Crippen molar-refractivity contribution in [3.63, 3.8) is 0 Å². The molecule has 1 saturated carbocycles. The molecular weight excluding hydrogens is 517 g/mol. The minimum Gasteiger partial charge on any atom is -0.497 e. The molecule has 39 heavy (non-hydrogen) atoms. The molecule has 2 aliphatic heterocycles. The molecule has 1 aliphatic carbocycles. The molecular formula is C34H32N2OS2. The highest BCUT2D eigenvalue weighted by Gasteiger charge is 2.68. The zero-order valence-corrected chi connectivity index (χ0v) is 23.7. The summed E-state index contributed by atoms with van der Waals surface area (Å²) in [7, 11) is 1.73. The lowest BCUT2D eigenvalue weighted by atomic mass is 9.84. The van der Waals surface area contributed by atoms with Crippen molar-refractivity contribution in [2.45, 2.75) is 46.7 Å². The van der Waals surface area contributed by atoms with Crippen molar-refractivity contribution in [3.05, 3.63) is 132 Å². The van der Waals surface area contributed by atoms with Gasteiger partial charge in [-0.2, -0.15) is 0 Å². The second-order valence-electron chi connectivity index (χ2n) is 10.6. The molecule has 0 radical (unpaired) electrons. The van der Waals surface area contributed by atoms with Crippen LogP contribution in [-0.2, 0) is 0 Å². The minimum atomic E-state index is -0.170. The fourth-order valence-electron chi connectivity index (χ4n) is 6.61. The predicted molar refractivity (Wildman–Crippen MR) is 166 cm³/mol. The second-order valence-corrected chi connectivity index (χ2v) is 13.4. The van der Waals surface area contributed by atoms with Gasteiger partial charge in [0.1, 0.15) is 15.2 Å². The number of rotatable bonds is 5. The molecule has 0 N–H and O–H groups in total. The fraction of sp³-hybridized carbons (Fsp3) is 0.265. The highest BCUT2D eigenvalue weighted by Crippen LogP contribution is 2.73. The van der Waals surface area contributed by atoms with E-state index in [2.05, 4.69) is 132 Å². The van der Waals surface area contributed by atoms with Crippen molar-refractivity contribution >= 4 is 34.3 Å². The monoisotopic (exact) mass is 548 g/mol. The first-order valence-electron chi connectivity index (χ1n) is 13.8. The van der Waals surface area contributed by atoms with E-state index in [4.69, 9.17) is 9.73 Å². The van der Waals surface area contributed by atoms with Gasteiger partial charge < -0.3 is 9.64 Å². The third-order valence-corrected chi connectivity index (χ3v) is 12.1. The molecule has 2 heterocycles. The summed E-state index contributed by atoms with van der Waals surface area (Å²) in [5.74, 6) is 0.880. The van der Waals surface area contributed by atoms with E-state index >= 15 is 0 Å². The van der Waals surface area contributed by atoms with Crippen molar-refractivity contribution in [1.82, 2.24) is 0 Å². The summed E-state index contributed by atoms with van der Waals surface area (Å²) in [4.78, 5) is 8.37. The van der Waals surface area contributed by atoms with Gasteiger partial charge in [-0.25, -0.2) is 0 Å². The number of benzene rings is 4. The highest BCUT2D eigenvalue weighted by molar-refractivity contribution is 8.27. The smallest absolute Gasteiger partial charge is 0.119 e. The van der Waals surface area contributed by atoms with E-state index in [1.807, 2.05) is 11.8 Å². The molecule has 2 spiro atoms. The molecule has 3 nitrogen and oxygen atoms in total. The Balaban J connectivity index is 1.45. The highest BCUT2D eigenvalue weighted by atomic mass is 32.2. The van der Waals surface area contributed by atoms with Gasteiger partial charge in [0.05, 0.1) is 23.7 Å². The summed E-state index contributed by atoms with van der Waals surface area (Å²) in [6, 6.07) is 41.8. The van der Waals surface area contributed by atoms with E-state index in [1.54, 1.807) is 7.11 Å². The SMILES string of the molecule is COc1ccc(N2C(c3ccccc3)SC3(SC(c4ccccc4)=NC34CCCC4)C2c2ccccc2)cc1. The van der Waals surface area contributed by atoms with Gasteiger partial charge in [0.25, 0.3) is 0 Å². The molecule has 4 aromatic carbocycles. The summed E-state index contributed by atoms with van der Waals surface area (Å²) in [6.07, 6.45) is 4.72. The molecule has 0 aromatic heterocycles. The quantitative estimate of drug-likeness (QED) is 0.249. The molecule has 3 unspecified atom stereocenters. The Bertz CT molecular complexity index is 1450. The van der Waals surface area contributed by atoms with E-state index in [1.165, 1.54) is 40.3 Å². The Morgan fingerprint density at radius 3 is 1.95 bits per heavy atom. The van der Waals surface area contributed by atoms with Crippen LogP contribution >= 0.6 is 23.5 Å². The van der Waals surface area contributed by atoms with Crippen molar-refractivity contribution in [2.24, 2.45) is 4.99 Å². The maximum absolute atomic E-state index is 5.70. The molecule has 5 heteroatoms. The lowest BCUT2D eigenvalue weighted by Gasteiger charge is -2.43. The van der Waals surface area contributed by atoms with Gasteiger partial charge in [-0.3, -0.25) is 4.99 Å². The number of hydrogen-bond donors (Lipinski definition) is 0. The number of aliphatic imine (C=N–C) groups is 1. The van der Waals surface area contributed by atoms with Crippen molar-refractivity contribution < 1.29 is 4.74 Å². The van der Waals surface area contributed by atoms with Crippen LogP contribution in [0, 0.1) is 0 Å². The lowest BCUT2D eigenvalue weighted by Crippen LogP contribution is -2.48. The lowest BCUT2D eigenvalue weighted by molar-refractivity contribution is 0.370. The largest absolute Gasteiger partial charge is 0.497 e. The maximum Gasteiger partial charge on any atom is 0.119 e. The van der Waals surface area contributed by atoms with Crippen LogP contribution in [0.2, 0.25) is 0 Å². The Kier molecular flexibility index (Phi) is 6.44. The summed E-state index contributed by atoms with van der Waals surface area (Å²) in [6.45, 7) is 0. The van der Waals surface area contributed by atoms with Crippen LogP contribution < -0.4 is 9.64 Å². The summed E-state index contributed by atoms with van der Waals surface area (Å²) in [5.41, 5.74) is 5.00. The molecule has 0 amide bonds. The van der Waals surface area contributed by atoms with Gasteiger partial charge in [-0.05, 0) is 48.2 Å². The number of nitrogens with zero attached hydrogens (tertiary/aromatic N) is 2. The Hall–Kier alpha value is -3.15. The molecule has 3 atom stereocenters. The molecule has 196 valence electrons. The van der Waals surface area contributed by atoms with Gasteiger partial charge in [0, 0.05) is 11.3 Å². The Morgan fingerprint density at radius 1 is 0.744 bits per heavy atom. The third-order valence-electron chi connectivity index (χ3n) is 8.41. The third kappa shape index (κ3) is 4.09. The number of fused-ring (bicyclic) bond motifs is 1. The first-order chi connectivity index (χ1) is 19.2. The maximum atomic E-state index is 5.70. The number of hydrogen-bond acceptors (Lipinski definition) is 5.